The molecule has 7 heteroatoms. The number of hydrogen-bond donors (Lipinski definition) is 1. The van der Waals surface area contributed by atoms with Gasteiger partial charge >= 0.3 is 5.97 Å². The molecule has 3 aromatic rings. The molecule has 3 rings (SSSR count). The first-order valence-electron chi connectivity index (χ1n) is 11.3. The molecule has 0 aromatic heterocycles. The molecule has 1 amide bonds. The Balaban J connectivity index is 1.97. The number of carbonyl (C=O) groups is 2. The van der Waals surface area contributed by atoms with Gasteiger partial charge in [-0.3, -0.25) is 4.79 Å². The molecule has 0 fully saturated rings. The maximum Gasteiger partial charge on any atom is 0.339 e. The van der Waals surface area contributed by atoms with E-state index in [0.29, 0.717) is 42.3 Å². The van der Waals surface area contributed by atoms with Crippen molar-refractivity contribution in [1.29, 1.82) is 0 Å². The lowest BCUT2D eigenvalue weighted by Crippen LogP contribution is -2.17. The van der Waals surface area contributed by atoms with E-state index in [9.17, 15) is 9.59 Å². The Morgan fingerprint density at radius 2 is 1.68 bits per heavy atom. The van der Waals surface area contributed by atoms with Crippen LogP contribution < -0.4 is 14.8 Å². The molecule has 0 unspecified atom stereocenters. The second kappa shape index (κ2) is 12.5. The molecular weight excluding hydrogens is 429 g/mol. The van der Waals surface area contributed by atoms with Crippen molar-refractivity contribution in [2.24, 2.45) is 0 Å². The Labute approximate surface area is 201 Å². The molecule has 0 aliphatic carbocycles. The average molecular weight is 457 g/mol. The summed E-state index contributed by atoms with van der Waals surface area (Å²) >= 11 is 0. The van der Waals surface area contributed by atoms with Gasteiger partial charge in [-0.25, -0.2) is 4.79 Å². The second-order valence-corrected chi connectivity index (χ2v) is 7.57. The van der Waals surface area contributed by atoms with Crippen LogP contribution in [0.3, 0.4) is 0 Å². The van der Waals surface area contributed by atoms with E-state index in [4.69, 9.17) is 22.1 Å². The Morgan fingerprint density at radius 1 is 0.882 bits per heavy atom. The maximum atomic E-state index is 13.4. The molecule has 0 bridgehead atoms. The Hall–Kier alpha value is -3.74. The number of amides is 1. The van der Waals surface area contributed by atoms with Gasteiger partial charge in [0.25, 0.3) is 5.91 Å². The first-order valence-corrected chi connectivity index (χ1v) is 11.3. The van der Waals surface area contributed by atoms with Crippen LogP contribution in [-0.2, 0) is 4.74 Å². The van der Waals surface area contributed by atoms with E-state index in [-0.39, 0.29) is 5.56 Å². The van der Waals surface area contributed by atoms with Crippen molar-refractivity contribution >= 4 is 25.4 Å². The fraction of sp³-hybridized carbons (Fsp3) is 0.259. The lowest BCUT2D eigenvalue weighted by molar-refractivity contribution is 0.0602. The highest BCUT2D eigenvalue weighted by Crippen LogP contribution is 2.29. The molecule has 3 aromatic carbocycles. The summed E-state index contributed by atoms with van der Waals surface area (Å²) in [7, 11) is 6.84. The predicted octanol–water partition coefficient (Wildman–Crippen LogP) is 5.54. The first-order chi connectivity index (χ1) is 16.6. The zero-order valence-corrected chi connectivity index (χ0v) is 19.5. The summed E-state index contributed by atoms with van der Waals surface area (Å²) in [6.45, 7) is 2.87. The highest BCUT2D eigenvalue weighted by Gasteiger charge is 2.19. The third-order valence-electron chi connectivity index (χ3n) is 5.12. The topological polar surface area (TPSA) is 73.9 Å². The maximum absolute atomic E-state index is 13.4. The van der Waals surface area contributed by atoms with E-state index in [0.717, 1.165) is 24.0 Å². The van der Waals surface area contributed by atoms with Crippen molar-refractivity contribution in [3.8, 4) is 22.6 Å². The highest BCUT2D eigenvalue weighted by atomic mass is 16.5. The first kappa shape index (κ1) is 24.9. The number of rotatable bonds is 11. The Kier molecular flexibility index (Phi) is 9.15. The molecular formula is C27H28BNO5. The molecule has 0 heterocycles. The minimum absolute atomic E-state index is 0.250. The van der Waals surface area contributed by atoms with Gasteiger partial charge in [-0.05, 0) is 47.9 Å². The summed E-state index contributed by atoms with van der Waals surface area (Å²) in [6.07, 6.45) is 2.18. The molecule has 174 valence electrons. The smallest absolute Gasteiger partial charge is 0.339 e. The summed E-state index contributed by atoms with van der Waals surface area (Å²) in [5.41, 5.74) is 2.69. The number of esters is 1. The van der Waals surface area contributed by atoms with Crippen LogP contribution in [-0.4, -0.2) is 40.0 Å². The van der Waals surface area contributed by atoms with E-state index < -0.39 is 11.9 Å². The third kappa shape index (κ3) is 6.41. The normalized spacial score (nSPS) is 10.4. The molecule has 1 N–H and O–H groups in total. The van der Waals surface area contributed by atoms with E-state index in [2.05, 4.69) is 12.2 Å². The molecule has 0 atom stereocenters. The zero-order chi connectivity index (χ0) is 24.3. The van der Waals surface area contributed by atoms with Crippen molar-refractivity contribution < 1.29 is 23.8 Å². The van der Waals surface area contributed by atoms with E-state index in [1.807, 2.05) is 36.4 Å². The Bertz CT molecular complexity index is 1120. The minimum Gasteiger partial charge on any atom is -0.494 e. The van der Waals surface area contributed by atoms with Gasteiger partial charge in [-0.2, -0.15) is 0 Å². The van der Waals surface area contributed by atoms with Crippen LogP contribution in [0.25, 0.3) is 11.1 Å². The van der Waals surface area contributed by atoms with E-state index in [1.54, 1.807) is 30.3 Å². The summed E-state index contributed by atoms with van der Waals surface area (Å²) in [4.78, 5) is 25.8. The average Bonchev–Trinajstić information content (AvgIpc) is 2.88. The minimum atomic E-state index is -0.547. The van der Waals surface area contributed by atoms with Gasteiger partial charge in [0, 0.05) is 0 Å². The molecule has 0 saturated carbocycles. The summed E-state index contributed by atoms with van der Waals surface area (Å²) in [5, 5.41) is 2.87. The lowest BCUT2D eigenvalue weighted by Gasteiger charge is -2.16. The summed E-state index contributed by atoms with van der Waals surface area (Å²) < 4.78 is 16.4. The fourth-order valence-electron chi connectivity index (χ4n) is 3.34. The highest BCUT2D eigenvalue weighted by molar-refractivity contribution is 6.10. The molecule has 6 nitrogen and oxygen atoms in total. The third-order valence-corrected chi connectivity index (χ3v) is 5.12. The van der Waals surface area contributed by atoms with Gasteiger partial charge in [0.05, 0.1) is 45.0 Å². The van der Waals surface area contributed by atoms with Crippen LogP contribution in [0.4, 0.5) is 5.69 Å². The number of unbranched alkanes of at least 4 members (excludes halogenated alkanes) is 1. The fourth-order valence-corrected chi connectivity index (χ4v) is 3.34. The predicted molar refractivity (Wildman–Crippen MR) is 134 cm³/mol. The van der Waals surface area contributed by atoms with E-state index in [1.165, 1.54) is 7.11 Å². The van der Waals surface area contributed by atoms with Gasteiger partial charge in [0.2, 0.25) is 0 Å². The lowest BCUT2D eigenvalue weighted by atomic mass is 10.0. The van der Waals surface area contributed by atoms with Gasteiger partial charge in [-0.15, -0.1) is 0 Å². The molecule has 0 aliphatic rings. The van der Waals surface area contributed by atoms with Crippen molar-refractivity contribution in [1.82, 2.24) is 0 Å². The monoisotopic (exact) mass is 457 g/mol. The van der Waals surface area contributed by atoms with Crippen molar-refractivity contribution in [2.75, 3.05) is 25.6 Å². The van der Waals surface area contributed by atoms with Crippen LogP contribution in [0.5, 0.6) is 11.5 Å². The van der Waals surface area contributed by atoms with Crippen LogP contribution in [0, 0.1) is 0 Å². The van der Waals surface area contributed by atoms with Crippen LogP contribution >= 0.6 is 0 Å². The Morgan fingerprint density at radius 3 is 2.38 bits per heavy atom. The zero-order valence-electron chi connectivity index (χ0n) is 19.5. The number of hydrogen-bond acceptors (Lipinski definition) is 5. The molecule has 34 heavy (non-hydrogen) atoms. The largest absolute Gasteiger partial charge is 0.494 e. The standard InChI is InChI=1S/C27H28BNO5/c1-3-4-15-34-25-13-11-21(33-16-14-28)18-23(25)26(30)29-24-17-20(19-8-6-5-7-9-19)10-12-22(24)27(31)32-2/h5-13,17-18H,3-4,14-16H2,1-2H3,(H,29,30). The van der Waals surface area contributed by atoms with Crippen molar-refractivity contribution in [3.05, 3.63) is 77.9 Å². The van der Waals surface area contributed by atoms with Gasteiger partial charge in [0.15, 0.2) is 0 Å². The summed E-state index contributed by atoms with van der Waals surface area (Å²) in [6, 6.07) is 20.0. The SMILES string of the molecule is [B]CCOc1ccc(OCCCC)c(C(=O)Nc2cc(-c3ccccc3)ccc2C(=O)OC)c1. The second-order valence-electron chi connectivity index (χ2n) is 7.57. The number of methoxy groups -OCH3 is 1. The van der Waals surface area contributed by atoms with Crippen molar-refractivity contribution in [2.45, 2.75) is 26.1 Å². The number of anilines is 1. The van der Waals surface area contributed by atoms with E-state index >= 15 is 0 Å². The number of carbonyl (C=O) groups excluding carboxylic acids is 2. The van der Waals surface area contributed by atoms with Crippen molar-refractivity contribution in [3.63, 3.8) is 0 Å². The quantitative estimate of drug-likeness (QED) is 0.233. The molecule has 0 spiro atoms. The van der Waals surface area contributed by atoms with Gasteiger partial charge in [0.1, 0.15) is 11.5 Å². The van der Waals surface area contributed by atoms with Crippen LogP contribution in [0.1, 0.15) is 40.5 Å². The van der Waals surface area contributed by atoms with Crippen LogP contribution in [0.15, 0.2) is 66.7 Å². The molecule has 0 saturated heterocycles. The molecule has 2 radical (unpaired) electrons. The summed E-state index contributed by atoms with van der Waals surface area (Å²) in [5.74, 6) is -0.0380. The van der Waals surface area contributed by atoms with Gasteiger partial charge < -0.3 is 19.5 Å². The number of benzene rings is 3. The number of nitrogens with one attached hydrogen (secondary N) is 1. The van der Waals surface area contributed by atoms with Crippen LogP contribution in [0.2, 0.25) is 6.32 Å². The van der Waals surface area contributed by atoms with Gasteiger partial charge in [-0.1, -0.05) is 56.1 Å². The molecule has 0 aliphatic heterocycles. The number of ether oxygens (including phenoxy) is 3.